The Hall–Kier alpha value is -3.15. The van der Waals surface area contributed by atoms with Gasteiger partial charge >= 0.3 is 0 Å². The van der Waals surface area contributed by atoms with E-state index in [1.54, 1.807) is 24.3 Å². The minimum Gasteiger partial charge on any atom is -0.491 e. The van der Waals surface area contributed by atoms with Gasteiger partial charge in [0, 0.05) is 19.5 Å². The molecule has 0 aromatic heterocycles. The lowest BCUT2D eigenvalue weighted by Crippen LogP contribution is -2.32. The van der Waals surface area contributed by atoms with Gasteiger partial charge in [-0.3, -0.25) is 19.3 Å². The van der Waals surface area contributed by atoms with E-state index in [-0.39, 0.29) is 36.8 Å². The number of amides is 3. The number of carbonyl (C=O) groups is 3. The Bertz CT molecular complexity index is 857. The summed E-state index contributed by atoms with van der Waals surface area (Å²) in [6.07, 6.45) is 0.760. The molecule has 0 radical (unpaired) electrons. The van der Waals surface area contributed by atoms with E-state index in [1.165, 1.54) is 4.90 Å². The van der Waals surface area contributed by atoms with Crippen LogP contribution in [-0.2, 0) is 11.3 Å². The summed E-state index contributed by atoms with van der Waals surface area (Å²) in [5.74, 6) is 0.0742. The molecule has 28 heavy (non-hydrogen) atoms. The minimum absolute atomic E-state index is 0.0898. The number of imide groups is 1. The molecule has 0 saturated carbocycles. The molecular formula is C22H24N2O4. The molecule has 0 saturated heterocycles. The topological polar surface area (TPSA) is 75.7 Å². The zero-order valence-electron chi connectivity index (χ0n) is 16.1. The summed E-state index contributed by atoms with van der Waals surface area (Å²) in [5.41, 5.74) is 1.81. The summed E-state index contributed by atoms with van der Waals surface area (Å²) in [6, 6.07) is 14.4. The fourth-order valence-electron chi connectivity index (χ4n) is 3.13. The first kappa shape index (κ1) is 19.6. The molecule has 146 valence electrons. The summed E-state index contributed by atoms with van der Waals surface area (Å²) >= 11 is 0. The number of ether oxygens (including phenoxy) is 1. The quantitative estimate of drug-likeness (QED) is 0.714. The third-order valence-electron chi connectivity index (χ3n) is 4.42. The summed E-state index contributed by atoms with van der Waals surface area (Å²) in [5, 5.41) is 2.86. The number of nitrogens with one attached hydrogen (secondary N) is 1. The lowest BCUT2D eigenvalue weighted by atomic mass is 10.1. The molecule has 0 bridgehead atoms. The van der Waals surface area contributed by atoms with E-state index < -0.39 is 0 Å². The molecule has 3 amide bonds. The fourth-order valence-corrected chi connectivity index (χ4v) is 3.13. The molecule has 1 aliphatic rings. The Balaban J connectivity index is 1.44. The highest BCUT2D eigenvalue weighted by Gasteiger charge is 2.34. The van der Waals surface area contributed by atoms with Crippen LogP contribution in [-0.4, -0.2) is 35.3 Å². The lowest BCUT2D eigenvalue weighted by molar-refractivity contribution is -0.121. The lowest BCUT2D eigenvalue weighted by Gasteiger charge is -2.14. The van der Waals surface area contributed by atoms with Crippen molar-refractivity contribution >= 4 is 17.7 Å². The predicted octanol–water partition coefficient (Wildman–Crippen LogP) is 3.17. The van der Waals surface area contributed by atoms with E-state index in [0.717, 1.165) is 11.3 Å². The van der Waals surface area contributed by atoms with E-state index in [9.17, 15) is 14.4 Å². The monoisotopic (exact) mass is 380 g/mol. The average molecular weight is 380 g/mol. The Morgan fingerprint density at radius 1 is 1.04 bits per heavy atom. The molecule has 0 aliphatic carbocycles. The van der Waals surface area contributed by atoms with Crippen LogP contribution < -0.4 is 10.1 Å². The maximum absolute atomic E-state index is 12.3. The highest BCUT2D eigenvalue weighted by atomic mass is 16.5. The van der Waals surface area contributed by atoms with E-state index in [2.05, 4.69) is 5.32 Å². The van der Waals surface area contributed by atoms with Crippen LogP contribution in [0, 0.1) is 0 Å². The summed E-state index contributed by atoms with van der Waals surface area (Å²) < 4.78 is 5.65. The maximum Gasteiger partial charge on any atom is 0.261 e. The van der Waals surface area contributed by atoms with Crippen molar-refractivity contribution in [3.8, 4) is 5.75 Å². The fraction of sp³-hybridized carbons (Fsp3) is 0.318. The van der Waals surface area contributed by atoms with Gasteiger partial charge in [-0.05, 0) is 50.1 Å². The Morgan fingerprint density at radius 2 is 1.71 bits per heavy atom. The minimum atomic E-state index is -0.289. The van der Waals surface area contributed by atoms with E-state index in [0.29, 0.717) is 24.1 Å². The highest BCUT2D eigenvalue weighted by molar-refractivity contribution is 6.21. The number of carbonyl (C=O) groups excluding carboxylic acids is 3. The van der Waals surface area contributed by atoms with Gasteiger partial charge in [-0.25, -0.2) is 0 Å². The molecule has 6 heteroatoms. The van der Waals surface area contributed by atoms with Crippen molar-refractivity contribution in [2.24, 2.45) is 0 Å². The summed E-state index contributed by atoms with van der Waals surface area (Å²) in [6.45, 7) is 4.56. The van der Waals surface area contributed by atoms with Crippen LogP contribution in [0.25, 0.3) is 0 Å². The molecule has 6 nitrogen and oxygen atoms in total. The second-order valence-electron chi connectivity index (χ2n) is 7.00. The Kier molecular flexibility index (Phi) is 6.09. The van der Waals surface area contributed by atoms with E-state index in [1.807, 2.05) is 38.1 Å². The molecule has 3 rings (SSSR count). The number of benzene rings is 2. The second kappa shape index (κ2) is 8.69. The van der Waals surface area contributed by atoms with Crippen LogP contribution in [0.2, 0.25) is 0 Å². The van der Waals surface area contributed by atoms with Crippen molar-refractivity contribution in [1.29, 1.82) is 0 Å². The van der Waals surface area contributed by atoms with Crippen LogP contribution in [0.4, 0.5) is 0 Å². The first-order valence-corrected chi connectivity index (χ1v) is 9.43. The largest absolute Gasteiger partial charge is 0.491 e. The molecule has 1 aliphatic heterocycles. The molecular weight excluding hydrogens is 356 g/mol. The van der Waals surface area contributed by atoms with Gasteiger partial charge in [0.15, 0.2) is 0 Å². The van der Waals surface area contributed by atoms with Crippen LogP contribution >= 0.6 is 0 Å². The number of fused-ring (bicyclic) bond motifs is 1. The highest BCUT2D eigenvalue weighted by Crippen LogP contribution is 2.22. The smallest absolute Gasteiger partial charge is 0.261 e. The molecule has 2 aromatic rings. The first-order chi connectivity index (χ1) is 13.5. The third kappa shape index (κ3) is 4.57. The normalized spacial score (nSPS) is 13.0. The predicted molar refractivity (Wildman–Crippen MR) is 105 cm³/mol. The van der Waals surface area contributed by atoms with Crippen molar-refractivity contribution in [3.63, 3.8) is 0 Å². The maximum atomic E-state index is 12.3. The van der Waals surface area contributed by atoms with Crippen LogP contribution in [0.15, 0.2) is 48.5 Å². The summed E-state index contributed by atoms with van der Waals surface area (Å²) in [7, 11) is 0. The molecule has 0 unspecified atom stereocenters. The Labute approximate surface area is 164 Å². The van der Waals surface area contributed by atoms with Gasteiger partial charge in [0.25, 0.3) is 11.8 Å². The number of hydrogen-bond acceptors (Lipinski definition) is 4. The van der Waals surface area contributed by atoms with Crippen molar-refractivity contribution in [1.82, 2.24) is 10.2 Å². The summed E-state index contributed by atoms with van der Waals surface area (Å²) in [4.78, 5) is 37.9. The van der Waals surface area contributed by atoms with Gasteiger partial charge in [-0.1, -0.05) is 24.3 Å². The molecule has 0 atom stereocenters. The van der Waals surface area contributed by atoms with Crippen LogP contribution in [0.3, 0.4) is 0 Å². The second-order valence-corrected chi connectivity index (χ2v) is 7.00. The SMILES string of the molecule is CC(C)Oc1cccc(CNC(=O)CCCN2C(=O)c3ccccc3C2=O)c1. The van der Waals surface area contributed by atoms with Crippen molar-refractivity contribution in [2.45, 2.75) is 39.3 Å². The van der Waals surface area contributed by atoms with Gasteiger partial charge in [0.1, 0.15) is 5.75 Å². The third-order valence-corrected chi connectivity index (χ3v) is 4.42. The molecule has 0 fully saturated rings. The van der Waals surface area contributed by atoms with Crippen molar-refractivity contribution in [2.75, 3.05) is 6.54 Å². The molecule has 2 aromatic carbocycles. The van der Waals surface area contributed by atoms with E-state index >= 15 is 0 Å². The standard InChI is InChI=1S/C22H24N2O4/c1-15(2)28-17-8-5-7-16(13-17)14-23-20(25)11-6-12-24-21(26)18-9-3-4-10-19(18)22(24)27/h3-5,7-10,13,15H,6,11-12,14H2,1-2H3,(H,23,25). The van der Waals surface area contributed by atoms with Crippen LogP contribution in [0.5, 0.6) is 5.75 Å². The van der Waals surface area contributed by atoms with Crippen LogP contribution in [0.1, 0.15) is 53.0 Å². The number of nitrogens with zero attached hydrogens (tertiary/aromatic N) is 1. The first-order valence-electron chi connectivity index (χ1n) is 9.43. The number of rotatable bonds is 8. The zero-order valence-corrected chi connectivity index (χ0v) is 16.1. The molecule has 0 spiro atoms. The Morgan fingerprint density at radius 3 is 2.36 bits per heavy atom. The van der Waals surface area contributed by atoms with Gasteiger partial charge in [-0.15, -0.1) is 0 Å². The number of hydrogen-bond donors (Lipinski definition) is 1. The average Bonchev–Trinajstić information content (AvgIpc) is 2.91. The van der Waals surface area contributed by atoms with Gasteiger partial charge in [0.05, 0.1) is 17.2 Å². The van der Waals surface area contributed by atoms with Gasteiger partial charge in [-0.2, -0.15) is 0 Å². The molecule has 1 heterocycles. The molecule has 1 N–H and O–H groups in total. The van der Waals surface area contributed by atoms with Crippen molar-refractivity contribution < 1.29 is 19.1 Å². The van der Waals surface area contributed by atoms with Gasteiger partial charge < -0.3 is 10.1 Å². The van der Waals surface area contributed by atoms with Crippen molar-refractivity contribution in [3.05, 3.63) is 65.2 Å². The zero-order chi connectivity index (χ0) is 20.1. The van der Waals surface area contributed by atoms with E-state index in [4.69, 9.17) is 4.74 Å². The van der Waals surface area contributed by atoms with Gasteiger partial charge in [0.2, 0.25) is 5.91 Å².